The zero-order valence-corrected chi connectivity index (χ0v) is 16.5. The second kappa shape index (κ2) is 8.42. The number of hydrogen-bond acceptors (Lipinski definition) is 5. The molecule has 0 fully saturated rings. The van der Waals surface area contributed by atoms with Crippen LogP contribution < -0.4 is 4.72 Å². The van der Waals surface area contributed by atoms with Crippen molar-refractivity contribution >= 4 is 32.7 Å². The minimum atomic E-state index is -3.78. The Balaban J connectivity index is 1.77. The van der Waals surface area contributed by atoms with Gasteiger partial charge in [0.25, 0.3) is 0 Å². The molecular formula is C21H20N2O5S. The molecule has 1 heterocycles. The maximum absolute atomic E-state index is 12.7. The number of aromatic amines is 1. The molecule has 0 saturated carbocycles. The van der Waals surface area contributed by atoms with E-state index in [0.717, 1.165) is 10.9 Å². The molecule has 2 N–H and O–H groups in total. The molecule has 29 heavy (non-hydrogen) atoms. The van der Waals surface area contributed by atoms with E-state index in [1.54, 1.807) is 12.3 Å². The number of carbonyl (C=O) groups excluding carboxylic acids is 2. The predicted molar refractivity (Wildman–Crippen MR) is 109 cm³/mol. The lowest BCUT2D eigenvalue weighted by Crippen LogP contribution is -2.25. The van der Waals surface area contributed by atoms with Gasteiger partial charge in [0.2, 0.25) is 15.8 Å². The highest BCUT2D eigenvalue weighted by atomic mass is 32.2. The number of fused-ring (bicyclic) bond motifs is 1. The fraction of sp³-hybridized carbons (Fsp3) is 0.143. The smallest absolute Gasteiger partial charge is 0.338 e. The van der Waals surface area contributed by atoms with Gasteiger partial charge in [0.05, 0.1) is 10.5 Å². The van der Waals surface area contributed by atoms with Crippen LogP contribution in [0.2, 0.25) is 0 Å². The molecule has 0 bridgehead atoms. The maximum atomic E-state index is 12.7. The van der Waals surface area contributed by atoms with Crippen molar-refractivity contribution in [2.75, 3.05) is 6.54 Å². The summed E-state index contributed by atoms with van der Waals surface area (Å²) < 4.78 is 32.0. The van der Waals surface area contributed by atoms with Gasteiger partial charge in [-0.05, 0) is 31.2 Å². The van der Waals surface area contributed by atoms with E-state index in [0.29, 0.717) is 5.56 Å². The SMILES string of the molecule is C=CCNS(=O)(=O)c1cccc(C(=O)O[C@H](C)C(=O)c2c[nH]c3ccccc23)c1. The molecule has 3 aromatic rings. The Bertz CT molecular complexity index is 1180. The Morgan fingerprint density at radius 3 is 2.72 bits per heavy atom. The number of ether oxygens (including phenoxy) is 1. The van der Waals surface area contributed by atoms with Gasteiger partial charge in [0.15, 0.2) is 6.10 Å². The standard InChI is InChI=1S/C21H20N2O5S/c1-3-11-23-29(26,27)16-8-6-7-15(12-16)21(25)28-14(2)20(24)18-13-22-19-10-5-4-9-17(18)19/h3-10,12-14,22-23H,1,11H2,2H3/t14-/m1/s1. The summed E-state index contributed by atoms with van der Waals surface area (Å²) in [5.41, 5.74) is 1.26. The van der Waals surface area contributed by atoms with Crippen LogP contribution >= 0.6 is 0 Å². The van der Waals surface area contributed by atoms with E-state index in [-0.39, 0.29) is 22.8 Å². The fourth-order valence-electron chi connectivity index (χ4n) is 2.82. The Hall–Kier alpha value is -3.23. The van der Waals surface area contributed by atoms with Crippen LogP contribution in [0.4, 0.5) is 0 Å². The van der Waals surface area contributed by atoms with E-state index in [1.165, 1.54) is 37.3 Å². The Morgan fingerprint density at radius 1 is 1.21 bits per heavy atom. The van der Waals surface area contributed by atoms with Gasteiger partial charge >= 0.3 is 5.97 Å². The normalized spacial score (nSPS) is 12.4. The number of carbonyl (C=O) groups is 2. The molecule has 0 amide bonds. The number of benzene rings is 2. The number of H-pyrrole nitrogens is 1. The van der Waals surface area contributed by atoms with Gasteiger partial charge < -0.3 is 9.72 Å². The number of nitrogens with one attached hydrogen (secondary N) is 2. The van der Waals surface area contributed by atoms with E-state index < -0.39 is 22.1 Å². The van der Waals surface area contributed by atoms with Crippen LogP contribution in [0.15, 0.2) is 72.3 Å². The average Bonchev–Trinajstić information content (AvgIpc) is 3.16. The molecule has 8 heteroatoms. The molecule has 0 aliphatic carbocycles. The van der Waals surface area contributed by atoms with Crippen LogP contribution in [0.25, 0.3) is 10.9 Å². The van der Waals surface area contributed by atoms with E-state index >= 15 is 0 Å². The molecule has 1 atom stereocenters. The lowest BCUT2D eigenvalue weighted by atomic mass is 10.1. The molecule has 0 saturated heterocycles. The third-order valence-corrected chi connectivity index (χ3v) is 5.73. The summed E-state index contributed by atoms with van der Waals surface area (Å²) in [5.74, 6) is -1.14. The number of para-hydroxylation sites is 1. The van der Waals surface area contributed by atoms with Crippen LogP contribution in [-0.2, 0) is 14.8 Å². The highest BCUT2D eigenvalue weighted by Gasteiger charge is 2.23. The largest absolute Gasteiger partial charge is 0.451 e. The zero-order chi connectivity index (χ0) is 21.0. The topological polar surface area (TPSA) is 105 Å². The van der Waals surface area contributed by atoms with Crippen molar-refractivity contribution in [3.63, 3.8) is 0 Å². The zero-order valence-electron chi connectivity index (χ0n) is 15.7. The number of ketones is 1. The summed E-state index contributed by atoms with van der Waals surface area (Å²) in [7, 11) is -3.78. The van der Waals surface area contributed by atoms with Gasteiger partial charge in [-0.1, -0.05) is 30.3 Å². The second-order valence-corrected chi connectivity index (χ2v) is 8.10. The van der Waals surface area contributed by atoms with Crippen LogP contribution in [0.1, 0.15) is 27.6 Å². The number of esters is 1. The summed E-state index contributed by atoms with van der Waals surface area (Å²) in [5, 5.41) is 0.738. The van der Waals surface area contributed by atoms with Crippen molar-refractivity contribution in [3.8, 4) is 0 Å². The number of Topliss-reactive ketones (excluding diaryl/α,β-unsaturated/α-hetero) is 1. The van der Waals surface area contributed by atoms with Gasteiger partial charge in [-0.25, -0.2) is 17.9 Å². The molecule has 0 spiro atoms. The summed E-state index contributed by atoms with van der Waals surface area (Å²) >= 11 is 0. The third kappa shape index (κ3) is 4.44. The summed E-state index contributed by atoms with van der Waals surface area (Å²) in [6.07, 6.45) is 1.95. The van der Waals surface area contributed by atoms with Crippen LogP contribution in [0, 0.1) is 0 Å². The highest BCUT2D eigenvalue weighted by molar-refractivity contribution is 7.89. The van der Waals surface area contributed by atoms with Gasteiger partial charge in [0, 0.05) is 29.2 Å². The lowest BCUT2D eigenvalue weighted by Gasteiger charge is -2.12. The van der Waals surface area contributed by atoms with Crippen molar-refractivity contribution in [2.45, 2.75) is 17.9 Å². The van der Waals surface area contributed by atoms with Gasteiger partial charge in [-0.15, -0.1) is 6.58 Å². The molecular weight excluding hydrogens is 392 g/mol. The van der Waals surface area contributed by atoms with E-state index in [9.17, 15) is 18.0 Å². The third-order valence-electron chi connectivity index (χ3n) is 4.31. The summed E-state index contributed by atoms with van der Waals surface area (Å²) in [6, 6.07) is 12.7. The first-order chi connectivity index (χ1) is 13.8. The summed E-state index contributed by atoms with van der Waals surface area (Å²) in [6.45, 7) is 5.00. The molecule has 0 aliphatic heterocycles. The molecule has 1 aromatic heterocycles. The van der Waals surface area contributed by atoms with Crippen LogP contribution in [0.3, 0.4) is 0 Å². The minimum absolute atomic E-state index is 0.0325. The monoisotopic (exact) mass is 412 g/mol. The van der Waals surface area contributed by atoms with E-state index in [2.05, 4.69) is 16.3 Å². The van der Waals surface area contributed by atoms with Crippen molar-refractivity contribution in [3.05, 3.63) is 78.5 Å². The Kier molecular flexibility index (Phi) is 5.95. The Morgan fingerprint density at radius 2 is 1.97 bits per heavy atom. The average molecular weight is 412 g/mol. The van der Waals surface area contributed by atoms with Crippen molar-refractivity contribution in [1.29, 1.82) is 0 Å². The van der Waals surface area contributed by atoms with Crippen LogP contribution in [-0.4, -0.2) is 37.8 Å². The van der Waals surface area contributed by atoms with E-state index in [1.807, 2.05) is 18.2 Å². The predicted octanol–water partition coefficient (Wildman–Crippen LogP) is 3.06. The van der Waals surface area contributed by atoms with Gasteiger partial charge in [0.1, 0.15) is 0 Å². The molecule has 0 aliphatic rings. The van der Waals surface area contributed by atoms with E-state index in [4.69, 9.17) is 4.74 Å². The lowest BCUT2D eigenvalue weighted by molar-refractivity contribution is 0.0319. The van der Waals surface area contributed by atoms with Crippen molar-refractivity contribution < 1.29 is 22.7 Å². The number of hydrogen-bond donors (Lipinski definition) is 2. The van der Waals surface area contributed by atoms with Crippen LogP contribution in [0.5, 0.6) is 0 Å². The van der Waals surface area contributed by atoms with Gasteiger partial charge in [-0.3, -0.25) is 4.79 Å². The first-order valence-corrected chi connectivity index (χ1v) is 10.3. The Labute approximate surface area is 168 Å². The highest BCUT2D eigenvalue weighted by Crippen LogP contribution is 2.20. The molecule has 7 nitrogen and oxygen atoms in total. The molecule has 3 rings (SSSR count). The van der Waals surface area contributed by atoms with Gasteiger partial charge in [-0.2, -0.15) is 0 Å². The first-order valence-electron chi connectivity index (χ1n) is 8.85. The second-order valence-electron chi connectivity index (χ2n) is 6.33. The number of sulfonamides is 1. The number of rotatable bonds is 8. The first kappa shape index (κ1) is 20.5. The molecule has 150 valence electrons. The quantitative estimate of drug-likeness (QED) is 0.336. The molecule has 0 unspecified atom stereocenters. The summed E-state index contributed by atoms with van der Waals surface area (Å²) in [4.78, 5) is 28.1. The fourth-order valence-corrected chi connectivity index (χ4v) is 3.86. The molecule has 0 radical (unpaired) electrons. The molecule has 2 aromatic carbocycles. The number of aromatic nitrogens is 1. The van der Waals surface area contributed by atoms with Crippen molar-refractivity contribution in [1.82, 2.24) is 9.71 Å². The minimum Gasteiger partial charge on any atom is -0.451 e. The maximum Gasteiger partial charge on any atom is 0.338 e. The van der Waals surface area contributed by atoms with Crippen molar-refractivity contribution in [2.24, 2.45) is 0 Å².